The molecule has 1 N–H and O–H groups in total. The van der Waals surface area contributed by atoms with E-state index in [1.165, 1.54) is 0 Å². The van der Waals surface area contributed by atoms with Gasteiger partial charge in [-0.2, -0.15) is 16.3 Å². The van der Waals surface area contributed by atoms with Crippen molar-refractivity contribution in [1.29, 1.82) is 0 Å². The maximum Gasteiger partial charge on any atom is 0.303 e. The van der Waals surface area contributed by atoms with Crippen molar-refractivity contribution in [3.63, 3.8) is 0 Å². The van der Waals surface area contributed by atoms with Crippen molar-refractivity contribution in [3.8, 4) is 11.4 Å². The number of hydrogen-bond acceptors (Lipinski definition) is 5. The number of carboxylic acid groups (broad SMARTS) is 1. The van der Waals surface area contributed by atoms with E-state index in [4.69, 9.17) is 9.63 Å². The van der Waals surface area contributed by atoms with Gasteiger partial charge in [-0.3, -0.25) is 4.79 Å². The van der Waals surface area contributed by atoms with E-state index >= 15 is 0 Å². The molecule has 6 heteroatoms. The summed E-state index contributed by atoms with van der Waals surface area (Å²) in [6.45, 7) is 3.85. The first-order valence-electron chi connectivity index (χ1n) is 5.63. The number of carboxylic acids is 1. The average Bonchev–Trinajstić information content (AvgIpc) is 2.85. The van der Waals surface area contributed by atoms with Crippen LogP contribution in [0.4, 0.5) is 0 Å². The molecule has 0 aliphatic rings. The minimum absolute atomic E-state index is 0.0145. The highest BCUT2D eigenvalue weighted by Crippen LogP contribution is 2.24. The smallest absolute Gasteiger partial charge is 0.303 e. The predicted molar refractivity (Wildman–Crippen MR) is 67.5 cm³/mol. The summed E-state index contributed by atoms with van der Waals surface area (Å²) in [5.74, 6) is 0.242. The molecule has 0 aliphatic heterocycles. The summed E-state index contributed by atoms with van der Waals surface area (Å²) in [5.41, 5.74) is 2.09. The van der Waals surface area contributed by atoms with Crippen molar-refractivity contribution in [2.24, 2.45) is 5.92 Å². The lowest BCUT2D eigenvalue weighted by atomic mass is 10.0. The fourth-order valence-corrected chi connectivity index (χ4v) is 2.53. The molecule has 2 heterocycles. The molecular formula is C12H14N2O3S. The summed E-state index contributed by atoms with van der Waals surface area (Å²) < 4.78 is 5.15. The zero-order valence-corrected chi connectivity index (χ0v) is 11.0. The van der Waals surface area contributed by atoms with E-state index in [1.54, 1.807) is 11.3 Å². The number of hydrogen-bond donors (Lipinski definition) is 1. The van der Waals surface area contributed by atoms with Gasteiger partial charge in [-0.1, -0.05) is 12.1 Å². The van der Waals surface area contributed by atoms with Crippen molar-refractivity contribution in [2.75, 3.05) is 0 Å². The molecule has 0 amide bonds. The van der Waals surface area contributed by atoms with Crippen molar-refractivity contribution in [2.45, 2.75) is 26.7 Å². The van der Waals surface area contributed by atoms with Crippen LogP contribution in [0.15, 0.2) is 15.3 Å². The molecule has 1 unspecified atom stereocenters. The van der Waals surface area contributed by atoms with E-state index in [9.17, 15) is 4.79 Å². The maximum absolute atomic E-state index is 10.6. The zero-order valence-electron chi connectivity index (χ0n) is 10.2. The number of aliphatic carboxylic acids is 1. The number of thiophene rings is 1. The molecule has 0 saturated carbocycles. The molecule has 2 aromatic heterocycles. The van der Waals surface area contributed by atoms with Crippen LogP contribution in [-0.2, 0) is 11.2 Å². The summed E-state index contributed by atoms with van der Waals surface area (Å²) in [7, 11) is 0. The van der Waals surface area contributed by atoms with E-state index in [0.29, 0.717) is 18.1 Å². The SMILES string of the molecule is Cc1cscc1-c1noc(CC(C)CC(=O)O)n1. The van der Waals surface area contributed by atoms with Crippen LogP contribution in [-0.4, -0.2) is 21.2 Å². The van der Waals surface area contributed by atoms with Gasteiger partial charge in [-0.15, -0.1) is 0 Å². The zero-order chi connectivity index (χ0) is 13.1. The predicted octanol–water partition coefficient (Wildman–Crippen LogP) is 2.76. The maximum atomic E-state index is 10.6. The van der Waals surface area contributed by atoms with E-state index in [2.05, 4.69) is 10.1 Å². The average molecular weight is 266 g/mol. The third kappa shape index (κ3) is 2.95. The molecule has 0 saturated heterocycles. The number of rotatable bonds is 5. The standard InChI is InChI=1S/C12H14N2O3S/c1-7(4-11(15)16)3-10-13-12(14-17-10)9-6-18-5-8(9)2/h5-7H,3-4H2,1-2H3,(H,15,16). The van der Waals surface area contributed by atoms with E-state index in [0.717, 1.165) is 11.1 Å². The Hall–Kier alpha value is -1.69. The second kappa shape index (κ2) is 5.30. The first-order chi connectivity index (χ1) is 8.56. The topological polar surface area (TPSA) is 76.2 Å². The van der Waals surface area contributed by atoms with Gasteiger partial charge in [0.05, 0.1) is 0 Å². The highest BCUT2D eigenvalue weighted by atomic mass is 32.1. The molecule has 0 fully saturated rings. The fourth-order valence-electron chi connectivity index (χ4n) is 1.71. The third-order valence-electron chi connectivity index (χ3n) is 2.61. The monoisotopic (exact) mass is 266 g/mol. The normalized spacial score (nSPS) is 12.6. The highest BCUT2D eigenvalue weighted by molar-refractivity contribution is 7.08. The van der Waals surface area contributed by atoms with Crippen molar-refractivity contribution >= 4 is 17.3 Å². The van der Waals surface area contributed by atoms with Gasteiger partial charge in [0.1, 0.15) is 0 Å². The molecule has 0 spiro atoms. The van der Waals surface area contributed by atoms with Gasteiger partial charge in [0.25, 0.3) is 0 Å². The van der Waals surface area contributed by atoms with Crippen LogP contribution in [0, 0.1) is 12.8 Å². The summed E-state index contributed by atoms with van der Waals surface area (Å²) in [4.78, 5) is 14.9. The van der Waals surface area contributed by atoms with Crippen LogP contribution >= 0.6 is 11.3 Å². The van der Waals surface area contributed by atoms with Crippen LogP contribution < -0.4 is 0 Å². The molecule has 0 bridgehead atoms. The molecule has 96 valence electrons. The molecule has 5 nitrogen and oxygen atoms in total. The van der Waals surface area contributed by atoms with Crippen molar-refractivity contribution in [3.05, 3.63) is 22.2 Å². The van der Waals surface area contributed by atoms with Crippen molar-refractivity contribution in [1.82, 2.24) is 10.1 Å². The van der Waals surface area contributed by atoms with Crippen LogP contribution in [0.1, 0.15) is 24.8 Å². The molecule has 0 aliphatic carbocycles. The lowest BCUT2D eigenvalue weighted by molar-refractivity contribution is -0.137. The minimum atomic E-state index is -0.809. The summed E-state index contributed by atoms with van der Waals surface area (Å²) in [5, 5.41) is 16.6. The van der Waals surface area contributed by atoms with Crippen LogP contribution in [0.2, 0.25) is 0 Å². The largest absolute Gasteiger partial charge is 0.481 e. The molecule has 0 aromatic carbocycles. The van der Waals surface area contributed by atoms with Crippen LogP contribution in [0.5, 0.6) is 0 Å². The second-order valence-corrected chi connectivity index (χ2v) is 5.13. The van der Waals surface area contributed by atoms with Gasteiger partial charge in [0, 0.05) is 23.8 Å². The third-order valence-corrected chi connectivity index (χ3v) is 3.47. The fraction of sp³-hybridized carbons (Fsp3) is 0.417. The summed E-state index contributed by atoms with van der Waals surface area (Å²) in [6.07, 6.45) is 0.595. The van der Waals surface area contributed by atoms with Crippen LogP contribution in [0.25, 0.3) is 11.4 Å². The Bertz CT molecular complexity index is 547. The van der Waals surface area contributed by atoms with Gasteiger partial charge in [0.15, 0.2) is 0 Å². The van der Waals surface area contributed by atoms with E-state index in [1.807, 2.05) is 24.6 Å². The molecule has 1 atom stereocenters. The molecule has 18 heavy (non-hydrogen) atoms. The Kier molecular flexibility index (Phi) is 3.76. The van der Waals surface area contributed by atoms with Gasteiger partial charge in [0.2, 0.25) is 11.7 Å². The first-order valence-corrected chi connectivity index (χ1v) is 6.58. The highest BCUT2D eigenvalue weighted by Gasteiger charge is 2.15. The number of aryl methyl sites for hydroxylation is 1. The van der Waals surface area contributed by atoms with Crippen molar-refractivity contribution < 1.29 is 14.4 Å². The van der Waals surface area contributed by atoms with E-state index in [-0.39, 0.29) is 12.3 Å². The van der Waals surface area contributed by atoms with Gasteiger partial charge < -0.3 is 9.63 Å². The Morgan fingerprint density at radius 1 is 1.56 bits per heavy atom. The lowest BCUT2D eigenvalue weighted by Gasteiger charge is -2.03. The number of nitrogens with zero attached hydrogens (tertiary/aromatic N) is 2. The van der Waals surface area contributed by atoms with Crippen LogP contribution in [0.3, 0.4) is 0 Å². The number of aromatic nitrogens is 2. The Balaban J connectivity index is 2.07. The molecule has 2 rings (SSSR count). The lowest BCUT2D eigenvalue weighted by Crippen LogP contribution is -2.07. The minimum Gasteiger partial charge on any atom is -0.481 e. The first kappa shape index (κ1) is 12.8. The summed E-state index contributed by atoms with van der Waals surface area (Å²) >= 11 is 1.59. The Morgan fingerprint density at radius 2 is 2.33 bits per heavy atom. The number of carbonyl (C=O) groups is 1. The van der Waals surface area contributed by atoms with E-state index < -0.39 is 5.97 Å². The molecule has 0 radical (unpaired) electrons. The van der Waals surface area contributed by atoms with Gasteiger partial charge in [-0.25, -0.2) is 0 Å². The Morgan fingerprint density at radius 3 is 2.94 bits per heavy atom. The Labute approximate surface area is 108 Å². The van der Waals surface area contributed by atoms with Gasteiger partial charge in [-0.05, 0) is 23.8 Å². The molecular weight excluding hydrogens is 252 g/mol. The molecule has 2 aromatic rings. The quantitative estimate of drug-likeness (QED) is 0.900. The van der Waals surface area contributed by atoms with Gasteiger partial charge >= 0.3 is 5.97 Å². The summed E-state index contributed by atoms with van der Waals surface area (Å²) in [6, 6.07) is 0. The second-order valence-electron chi connectivity index (χ2n) is 4.39.